The van der Waals surface area contributed by atoms with Gasteiger partial charge in [-0.25, -0.2) is 4.98 Å². The van der Waals surface area contributed by atoms with Crippen LogP contribution in [-0.2, 0) is 6.18 Å². The molecular weight excluding hydrogens is 498 g/mol. The maximum absolute atomic E-state index is 13.0. The van der Waals surface area contributed by atoms with Crippen LogP contribution in [0.1, 0.15) is 5.56 Å². The van der Waals surface area contributed by atoms with E-state index in [-0.39, 0.29) is 10.1 Å². The highest BCUT2D eigenvalue weighted by Crippen LogP contribution is 2.41. The van der Waals surface area contributed by atoms with Gasteiger partial charge in [0.1, 0.15) is 0 Å². The van der Waals surface area contributed by atoms with Crippen LogP contribution in [0.5, 0.6) is 0 Å². The predicted molar refractivity (Wildman–Crippen MR) is 122 cm³/mol. The Morgan fingerprint density at radius 3 is 2.03 bits per heavy atom. The molecular formula is C22H12Cl2F3N3O2S. The molecule has 0 atom stereocenters. The minimum Gasteiger partial charge on any atom is -0.332 e. The van der Waals surface area contributed by atoms with E-state index in [0.717, 1.165) is 35.0 Å². The summed E-state index contributed by atoms with van der Waals surface area (Å²) in [4.78, 5) is 18.3. The number of nitrogens with one attached hydrogen (secondary N) is 1. The second-order valence-corrected chi connectivity index (χ2v) is 8.72. The topological polar surface area (TPSA) is 71.8 Å². The van der Waals surface area contributed by atoms with Gasteiger partial charge in [-0.3, -0.25) is 10.1 Å². The number of H-pyrrole nitrogens is 1. The Morgan fingerprint density at radius 2 is 1.48 bits per heavy atom. The summed E-state index contributed by atoms with van der Waals surface area (Å²) in [6.45, 7) is 0. The lowest BCUT2D eigenvalue weighted by atomic mass is 10.1. The van der Waals surface area contributed by atoms with E-state index in [1.807, 2.05) is 0 Å². The van der Waals surface area contributed by atoms with Gasteiger partial charge in [0.2, 0.25) is 0 Å². The number of rotatable bonds is 5. The zero-order valence-electron chi connectivity index (χ0n) is 16.4. The lowest BCUT2D eigenvalue weighted by molar-refractivity contribution is -0.388. The average molecular weight is 510 g/mol. The van der Waals surface area contributed by atoms with Crippen LogP contribution in [0, 0.1) is 10.1 Å². The first-order valence-corrected chi connectivity index (χ1v) is 10.8. The quantitative estimate of drug-likeness (QED) is 0.217. The van der Waals surface area contributed by atoms with E-state index in [0.29, 0.717) is 27.5 Å². The molecule has 0 bridgehead atoms. The summed E-state index contributed by atoms with van der Waals surface area (Å²) in [5, 5.41) is 12.8. The van der Waals surface area contributed by atoms with Crippen LogP contribution < -0.4 is 0 Å². The van der Waals surface area contributed by atoms with Crippen LogP contribution in [0.3, 0.4) is 0 Å². The molecule has 4 aromatic rings. The second-order valence-electron chi connectivity index (χ2n) is 6.82. The summed E-state index contributed by atoms with van der Waals surface area (Å²) >= 11 is 12.8. The minimum absolute atomic E-state index is 0.0204. The standard InChI is InChI=1S/C22H12Cl2F3N3O2S/c23-15-6-1-12(2-7-15)19-20(13-3-8-16(24)9-4-13)29-21(28-19)33-18-10-5-14(22(25,26)27)11-17(18)30(31)32/h1-11H,(H,28,29). The fourth-order valence-corrected chi connectivity index (χ4v) is 4.19. The number of alkyl halides is 3. The number of aromatic amines is 1. The Hall–Kier alpha value is -3.01. The molecule has 0 aliphatic heterocycles. The number of hydrogen-bond acceptors (Lipinski definition) is 4. The third-order valence-electron chi connectivity index (χ3n) is 4.62. The summed E-state index contributed by atoms with van der Waals surface area (Å²) in [7, 11) is 0. The minimum atomic E-state index is -4.69. The molecule has 0 radical (unpaired) electrons. The number of nitro benzene ring substituents is 1. The fraction of sp³-hybridized carbons (Fsp3) is 0.0455. The van der Waals surface area contributed by atoms with Crippen molar-refractivity contribution in [2.24, 2.45) is 0 Å². The molecule has 0 aliphatic carbocycles. The number of benzene rings is 3. The van der Waals surface area contributed by atoms with Crippen LogP contribution in [0.25, 0.3) is 22.5 Å². The highest BCUT2D eigenvalue weighted by atomic mass is 35.5. The Morgan fingerprint density at radius 1 is 0.909 bits per heavy atom. The zero-order valence-corrected chi connectivity index (χ0v) is 18.7. The van der Waals surface area contributed by atoms with Gasteiger partial charge in [0.15, 0.2) is 5.16 Å². The van der Waals surface area contributed by atoms with Gasteiger partial charge >= 0.3 is 6.18 Å². The lowest BCUT2D eigenvalue weighted by Gasteiger charge is -2.07. The van der Waals surface area contributed by atoms with Crippen molar-refractivity contribution in [3.63, 3.8) is 0 Å². The summed E-state index contributed by atoms with van der Waals surface area (Å²) in [6, 6.07) is 16.3. The summed E-state index contributed by atoms with van der Waals surface area (Å²) in [5.74, 6) is 0. The fourth-order valence-electron chi connectivity index (χ4n) is 3.07. The summed E-state index contributed by atoms with van der Waals surface area (Å²) < 4.78 is 39.0. The van der Waals surface area contributed by atoms with E-state index < -0.39 is 22.4 Å². The third-order valence-corrected chi connectivity index (χ3v) is 6.08. The smallest absolute Gasteiger partial charge is 0.332 e. The molecule has 0 amide bonds. The molecule has 33 heavy (non-hydrogen) atoms. The van der Waals surface area contributed by atoms with Gasteiger partial charge < -0.3 is 4.98 Å². The van der Waals surface area contributed by atoms with Gasteiger partial charge in [-0.2, -0.15) is 13.2 Å². The number of nitro groups is 1. The maximum Gasteiger partial charge on any atom is 0.416 e. The average Bonchev–Trinajstić information content (AvgIpc) is 3.18. The molecule has 0 saturated heterocycles. The Balaban J connectivity index is 1.79. The molecule has 1 heterocycles. The molecule has 1 N–H and O–H groups in total. The highest BCUT2D eigenvalue weighted by molar-refractivity contribution is 7.99. The Kier molecular flexibility index (Phi) is 6.38. The first-order valence-electron chi connectivity index (χ1n) is 9.27. The van der Waals surface area contributed by atoms with E-state index in [9.17, 15) is 23.3 Å². The molecule has 1 aromatic heterocycles. The van der Waals surface area contributed by atoms with Crippen LogP contribution in [0.4, 0.5) is 18.9 Å². The molecule has 168 valence electrons. The third kappa shape index (κ3) is 5.16. The Labute approximate surface area is 199 Å². The molecule has 11 heteroatoms. The first-order chi connectivity index (χ1) is 15.6. The van der Waals surface area contributed by atoms with Gasteiger partial charge in [-0.15, -0.1) is 0 Å². The largest absolute Gasteiger partial charge is 0.416 e. The van der Waals surface area contributed by atoms with Crippen LogP contribution in [0.2, 0.25) is 10.0 Å². The van der Waals surface area contributed by atoms with Crippen LogP contribution >= 0.6 is 35.0 Å². The zero-order chi connectivity index (χ0) is 23.8. The van der Waals surface area contributed by atoms with Crippen LogP contribution in [-0.4, -0.2) is 14.9 Å². The van der Waals surface area contributed by atoms with Crippen molar-refractivity contribution in [1.29, 1.82) is 0 Å². The van der Waals surface area contributed by atoms with E-state index in [2.05, 4.69) is 9.97 Å². The molecule has 0 unspecified atom stereocenters. The molecule has 0 spiro atoms. The van der Waals surface area contributed by atoms with E-state index in [1.165, 1.54) is 0 Å². The van der Waals surface area contributed by atoms with Crippen molar-refractivity contribution in [2.45, 2.75) is 16.2 Å². The summed E-state index contributed by atoms with van der Waals surface area (Å²) in [5.41, 5.74) is 0.895. The normalized spacial score (nSPS) is 11.5. The number of imidazole rings is 1. The number of nitrogens with zero attached hydrogens (tertiary/aromatic N) is 2. The number of halogens is 5. The van der Waals surface area contributed by atoms with Gasteiger partial charge in [-0.05, 0) is 48.2 Å². The van der Waals surface area contributed by atoms with Crippen molar-refractivity contribution >= 4 is 40.7 Å². The highest BCUT2D eigenvalue weighted by Gasteiger charge is 2.33. The van der Waals surface area contributed by atoms with Gasteiger partial charge in [0.25, 0.3) is 5.69 Å². The number of hydrogen-bond donors (Lipinski definition) is 1. The molecule has 0 aliphatic rings. The SMILES string of the molecule is O=[N+]([O-])c1cc(C(F)(F)F)ccc1Sc1nc(-c2ccc(Cl)cc2)c(-c2ccc(Cl)cc2)[nH]1. The molecule has 4 rings (SSSR count). The van der Waals surface area contributed by atoms with Gasteiger partial charge in [-0.1, -0.05) is 47.5 Å². The van der Waals surface area contributed by atoms with Crippen molar-refractivity contribution in [1.82, 2.24) is 9.97 Å². The second kappa shape index (κ2) is 9.09. The molecule has 0 fully saturated rings. The first kappa shape index (κ1) is 23.2. The van der Waals surface area contributed by atoms with Crippen LogP contribution in [0.15, 0.2) is 76.8 Å². The molecule has 0 saturated carbocycles. The lowest BCUT2D eigenvalue weighted by Crippen LogP contribution is -2.05. The molecule has 5 nitrogen and oxygen atoms in total. The van der Waals surface area contributed by atoms with Gasteiger partial charge in [0.05, 0.1) is 26.8 Å². The predicted octanol–water partition coefficient (Wildman–Crippen LogP) is 8.13. The number of aromatic nitrogens is 2. The van der Waals surface area contributed by atoms with E-state index in [4.69, 9.17) is 23.2 Å². The van der Waals surface area contributed by atoms with E-state index >= 15 is 0 Å². The van der Waals surface area contributed by atoms with Crippen molar-refractivity contribution in [2.75, 3.05) is 0 Å². The van der Waals surface area contributed by atoms with Crippen molar-refractivity contribution in [3.8, 4) is 22.5 Å². The van der Waals surface area contributed by atoms with Crippen molar-refractivity contribution in [3.05, 3.63) is 92.5 Å². The van der Waals surface area contributed by atoms with E-state index in [1.54, 1.807) is 48.5 Å². The monoisotopic (exact) mass is 509 g/mol. The summed E-state index contributed by atoms with van der Waals surface area (Å²) in [6.07, 6.45) is -4.69. The van der Waals surface area contributed by atoms with Gasteiger partial charge in [0, 0.05) is 27.2 Å². The van der Waals surface area contributed by atoms with Crippen molar-refractivity contribution < 1.29 is 18.1 Å². The Bertz CT molecular complexity index is 1260. The molecule has 3 aromatic carbocycles. The maximum atomic E-state index is 13.0.